The third-order valence-corrected chi connectivity index (χ3v) is 1.91. The first kappa shape index (κ1) is 8.49. The van der Waals surface area contributed by atoms with Gasteiger partial charge in [-0.1, -0.05) is 6.92 Å². The zero-order valence-corrected chi connectivity index (χ0v) is 6.53. The second kappa shape index (κ2) is 3.19. The number of amides is 1. The first-order chi connectivity index (χ1) is 5.15. The fourth-order valence-corrected chi connectivity index (χ4v) is 1.20. The molecule has 0 radical (unpaired) electrons. The molecule has 0 bridgehead atoms. The molecule has 2 atom stereocenters. The van der Waals surface area contributed by atoms with Crippen LogP contribution >= 0.6 is 0 Å². The molecule has 64 valence electrons. The summed E-state index contributed by atoms with van der Waals surface area (Å²) in [5.74, 6) is -0.0133. The van der Waals surface area contributed by atoms with Gasteiger partial charge in [0.2, 0.25) is 5.91 Å². The molecule has 0 saturated carbocycles. The molecular formula is C7H13NO3. The van der Waals surface area contributed by atoms with Crippen LogP contribution in [0.3, 0.4) is 0 Å². The fourth-order valence-electron chi connectivity index (χ4n) is 1.20. The number of hydrogen-bond donors (Lipinski definition) is 2. The monoisotopic (exact) mass is 159 g/mol. The van der Waals surface area contributed by atoms with E-state index < -0.39 is 12.2 Å². The Bertz CT molecular complexity index is 150. The molecule has 1 heterocycles. The van der Waals surface area contributed by atoms with Gasteiger partial charge in [0, 0.05) is 19.5 Å². The van der Waals surface area contributed by atoms with Crippen LogP contribution in [0.2, 0.25) is 0 Å². The quantitative estimate of drug-likeness (QED) is 0.514. The van der Waals surface area contributed by atoms with Crippen molar-refractivity contribution in [1.29, 1.82) is 0 Å². The van der Waals surface area contributed by atoms with Crippen LogP contribution in [0.1, 0.15) is 13.3 Å². The lowest BCUT2D eigenvalue weighted by atomic mass is 10.3. The third kappa shape index (κ3) is 1.70. The van der Waals surface area contributed by atoms with Crippen molar-refractivity contribution in [3.05, 3.63) is 0 Å². The Morgan fingerprint density at radius 2 is 1.91 bits per heavy atom. The maximum atomic E-state index is 11.0. The molecule has 0 spiro atoms. The molecule has 4 nitrogen and oxygen atoms in total. The molecule has 2 unspecified atom stereocenters. The van der Waals surface area contributed by atoms with Gasteiger partial charge in [0.15, 0.2) is 0 Å². The van der Waals surface area contributed by atoms with E-state index in [1.54, 1.807) is 6.92 Å². The summed E-state index contributed by atoms with van der Waals surface area (Å²) in [4.78, 5) is 12.5. The predicted molar refractivity (Wildman–Crippen MR) is 38.9 cm³/mol. The van der Waals surface area contributed by atoms with Gasteiger partial charge in [0.1, 0.15) is 0 Å². The molecular weight excluding hydrogens is 146 g/mol. The van der Waals surface area contributed by atoms with Gasteiger partial charge in [0.25, 0.3) is 0 Å². The molecule has 1 amide bonds. The summed E-state index contributed by atoms with van der Waals surface area (Å²) in [7, 11) is 0. The summed E-state index contributed by atoms with van der Waals surface area (Å²) in [6, 6.07) is 0. The number of aliphatic hydroxyl groups excluding tert-OH is 2. The SMILES string of the molecule is CCC(=O)N1CC(O)C(O)C1. The Labute approximate surface area is 65.4 Å². The average Bonchev–Trinajstić information content (AvgIpc) is 2.31. The van der Waals surface area contributed by atoms with Gasteiger partial charge in [-0.15, -0.1) is 0 Å². The Kier molecular flexibility index (Phi) is 2.46. The summed E-state index contributed by atoms with van der Waals surface area (Å²) < 4.78 is 0. The van der Waals surface area contributed by atoms with Crippen LogP contribution in [0.25, 0.3) is 0 Å². The highest BCUT2D eigenvalue weighted by Gasteiger charge is 2.31. The minimum absolute atomic E-state index is 0.0133. The molecule has 0 aliphatic carbocycles. The van der Waals surface area contributed by atoms with E-state index in [2.05, 4.69) is 0 Å². The Morgan fingerprint density at radius 1 is 1.45 bits per heavy atom. The molecule has 1 aliphatic rings. The lowest BCUT2D eigenvalue weighted by Gasteiger charge is -2.13. The van der Waals surface area contributed by atoms with Crippen molar-refractivity contribution >= 4 is 5.91 Å². The van der Waals surface area contributed by atoms with E-state index in [0.29, 0.717) is 6.42 Å². The molecule has 1 rings (SSSR count). The zero-order chi connectivity index (χ0) is 8.43. The van der Waals surface area contributed by atoms with E-state index in [9.17, 15) is 4.79 Å². The van der Waals surface area contributed by atoms with Crippen LogP contribution in [0.4, 0.5) is 0 Å². The topological polar surface area (TPSA) is 60.8 Å². The number of nitrogens with zero attached hydrogens (tertiary/aromatic N) is 1. The van der Waals surface area contributed by atoms with E-state index in [1.165, 1.54) is 4.90 Å². The minimum atomic E-state index is -0.759. The standard InChI is InChI=1S/C7H13NO3/c1-2-7(11)8-3-5(9)6(10)4-8/h5-6,9-10H,2-4H2,1H3. The molecule has 0 aromatic heterocycles. The van der Waals surface area contributed by atoms with Gasteiger partial charge in [-0.05, 0) is 0 Å². The third-order valence-electron chi connectivity index (χ3n) is 1.91. The van der Waals surface area contributed by atoms with Gasteiger partial charge >= 0.3 is 0 Å². The average molecular weight is 159 g/mol. The Morgan fingerprint density at radius 3 is 2.27 bits per heavy atom. The smallest absolute Gasteiger partial charge is 0.222 e. The van der Waals surface area contributed by atoms with Crippen LogP contribution in [0.5, 0.6) is 0 Å². The van der Waals surface area contributed by atoms with Crippen LogP contribution in [0, 0.1) is 0 Å². The lowest BCUT2D eigenvalue weighted by molar-refractivity contribution is -0.130. The second-order valence-electron chi connectivity index (χ2n) is 2.79. The first-order valence-electron chi connectivity index (χ1n) is 3.79. The normalized spacial score (nSPS) is 31.0. The molecule has 4 heteroatoms. The molecule has 1 fully saturated rings. The Balaban J connectivity index is 2.46. The van der Waals surface area contributed by atoms with Crippen LogP contribution in [0.15, 0.2) is 0 Å². The molecule has 0 aromatic carbocycles. The van der Waals surface area contributed by atoms with E-state index in [0.717, 1.165) is 0 Å². The predicted octanol–water partition coefficient (Wildman–Crippen LogP) is -1.04. The van der Waals surface area contributed by atoms with E-state index in [-0.39, 0.29) is 19.0 Å². The van der Waals surface area contributed by atoms with Gasteiger partial charge in [-0.3, -0.25) is 4.79 Å². The van der Waals surface area contributed by atoms with Crippen molar-refractivity contribution in [2.75, 3.05) is 13.1 Å². The first-order valence-corrected chi connectivity index (χ1v) is 3.79. The largest absolute Gasteiger partial charge is 0.388 e. The van der Waals surface area contributed by atoms with Crippen molar-refractivity contribution in [2.24, 2.45) is 0 Å². The van der Waals surface area contributed by atoms with Gasteiger partial charge in [-0.2, -0.15) is 0 Å². The molecule has 11 heavy (non-hydrogen) atoms. The van der Waals surface area contributed by atoms with Crippen molar-refractivity contribution in [2.45, 2.75) is 25.6 Å². The van der Waals surface area contributed by atoms with Crippen molar-refractivity contribution in [1.82, 2.24) is 4.90 Å². The number of aliphatic hydroxyl groups is 2. The summed E-state index contributed by atoms with van der Waals surface area (Å²) in [6.45, 7) is 2.31. The summed E-state index contributed by atoms with van der Waals surface area (Å²) >= 11 is 0. The van der Waals surface area contributed by atoms with Gasteiger partial charge in [-0.25, -0.2) is 0 Å². The van der Waals surface area contributed by atoms with Gasteiger partial charge < -0.3 is 15.1 Å². The Hall–Kier alpha value is -0.610. The second-order valence-corrected chi connectivity index (χ2v) is 2.79. The summed E-state index contributed by atoms with van der Waals surface area (Å²) in [5.41, 5.74) is 0. The molecule has 1 saturated heterocycles. The highest BCUT2D eigenvalue weighted by Crippen LogP contribution is 2.10. The number of β-amino-alcohol motifs (C(OH)–C–C–N with tert-alkyl or cyclic N) is 2. The molecule has 0 aromatic rings. The van der Waals surface area contributed by atoms with Crippen LogP contribution in [-0.4, -0.2) is 46.3 Å². The lowest BCUT2D eigenvalue weighted by Crippen LogP contribution is -2.28. The van der Waals surface area contributed by atoms with E-state index in [4.69, 9.17) is 10.2 Å². The van der Waals surface area contributed by atoms with Crippen LogP contribution in [-0.2, 0) is 4.79 Å². The van der Waals surface area contributed by atoms with Crippen molar-refractivity contribution in [3.63, 3.8) is 0 Å². The number of hydrogen-bond acceptors (Lipinski definition) is 3. The number of carbonyl (C=O) groups is 1. The van der Waals surface area contributed by atoms with Crippen LogP contribution < -0.4 is 0 Å². The number of carbonyl (C=O) groups excluding carboxylic acids is 1. The zero-order valence-electron chi connectivity index (χ0n) is 6.53. The number of rotatable bonds is 1. The number of likely N-dealkylation sites (tertiary alicyclic amines) is 1. The van der Waals surface area contributed by atoms with E-state index in [1.807, 2.05) is 0 Å². The fraction of sp³-hybridized carbons (Fsp3) is 0.857. The highest BCUT2D eigenvalue weighted by molar-refractivity contribution is 5.76. The maximum Gasteiger partial charge on any atom is 0.222 e. The van der Waals surface area contributed by atoms with Crippen molar-refractivity contribution < 1.29 is 15.0 Å². The maximum absolute atomic E-state index is 11.0. The van der Waals surface area contributed by atoms with E-state index >= 15 is 0 Å². The molecule has 1 aliphatic heterocycles. The van der Waals surface area contributed by atoms with Crippen molar-refractivity contribution in [3.8, 4) is 0 Å². The van der Waals surface area contributed by atoms with Gasteiger partial charge in [0.05, 0.1) is 12.2 Å². The highest BCUT2D eigenvalue weighted by atomic mass is 16.3. The summed E-state index contributed by atoms with van der Waals surface area (Å²) in [6.07, 6.45) is -1.09. The minimum Gasteiger partial charge on any atom is -0.388 e. The molecule has 2 N–H and O–H groups in total. The summed E-state index contributed by atoms with van der Waals surface area (Å²) in [5, 5.41) is 18.1.